The van der Waals surface area contributed by atoms with Gasteiger partial charge in [-0.15, -0.1) is 0 Å². The highest BCUT2D eigenvalue weighted by Gasteiger charge is 2.34. The van der Waals surface area contributed by atoms with Crippen molar-refractivity contribution in [1.29, 1.82) is 0 Å². The van der Waals surface area contributed by atoms with Crippen molar-refractivity contribution >= 4 is 23.6 Å². The molecular weight excluding hydrogens is 292 g/mol. The Morgan fingerprint density at radius 2 is 1.83 bits per heavy atom. The first-order valence-electron chi connectivity index (χ1n) is 7.17. The minimum absolute atomic E-state index is 0.113. The third-order valence-electron chi connectivity index (χ3n) is 3.68. The number of benzene rings is 2. The normalized spacial score (nSPS) is 15.9. The van der Waals surface area contributed by atoms with E-state index in [2.05, 4.69) is 5.43 Å². The lowest BCUT2D eigenvalue weighted by Crippen LogP contribution is -2.35. The van der Waals surface area contributed by atoms with Gasteiger partial charge in [0.15, 0.2) is 0 Å². The molecule has 1 heterocycles. The van der Waals surface area contributed by atoms with Crippen LogP contribution in [-0.4, -0.2) is 18.9 Å². The van der Waals surface area contributed by atoms with Crippen LogP contribution in [0.25, 0.3) is 6.08 Å². The number of anilines is 1. The van der Waals surface area contributed by atoms with Crippen LogP contribution in [0.15, 0.2) is 54.1 Å². The number of rotatable bonds is 3. The molecule has 3 rings (SSSR count). The third-order valence-corrected chi connectivity index (χ3v) is 3.68. The van der Waals surface area contributed by atoms with Gasteiger partial charge in [0.2, 0.25) is 0 Å². The second-order valence-corrected chi connectivity index (χ2v) is 5.20. The molecule has 1 fully saturated rings. The number of nitrogens with one attached hydrogen (secondary N) is 1. The van der Waals surface area contributed by atoms with Crippen LogP contribution >= 0.6 is 0 Å². The molecule has 2 aromatic rings. The lowest BCUT2D eigenvalue weighted by Gasteiger charge is -2.13. The summed E-state index contributed by atoms with van der Waals surface area (Å²) in [6, 6.07) is 14.5. The number of hydrazine groups is 1. The summed E-state index contributed by atoms with van der Waals surface area (Å²) >= 11 is 0. The van der Waals surface area contributed by atoms with Gasteiger partial charge in [0.25, 0.3) is 11.8 Å². The van der Waals surface area contributed by atoms with Gasteiger partial charge in [-0.05, 0) is 48.4 Å². The van der Waals surface area contributed by atoms with Gasteiger partial charge in [-0.25, -0.2) is 5.01 Å². The summed E-state index contributed by atoms with van der Waals surface area (Å²) in [6.07, 6.45) is 1.61. The summed E-state index contributed by atoms with van der Waals surface area (Å²) in [7, 11) is 1.60. The molecule has 2 aromatic carbocycles. The predicted molar refractivity (Wildman–Crippen MR) is 87.8 cm³/mol. The molecule has 116 valence electrons. The summed E-state index contributed by atoms with van der Waals surface area (Å²) in [5.74, 6) is -0.0387. The van der Waals surface area contributed by atoms with Gasteiger partial charge in [-0.3, -0.25) is 15.0 Å². The van der Waals surface area contributed by atoms with E-state index in [1.807, 2.05) is 37.3 Å². The molecular formula is C18H16N2O3. The second kappa shape index (κ2) is 5.96. The number of hydrogen-bond acceptors (Lipinski definition) is 3. The SMILES string of the molecule is COc1ccc(C=C2C(=O)NN(c3ccccc3)C2=O)c(C)c1. The van der Waals surface area contributed by atoms with E-state index in [1.54, 1.807) is 31.4 Å². The highest BCUT2D eigenvalue weighted by atomic mass is 16.5. The molecule has 1 N–H and O–H groups in total. The summed E-state index contributed by atoms with van der Waals surface area (Å²) in [5.41, 5.74) is 5.05. The molecule has 1 aliphatic heterocycles. The lowest BCUT2D eigenvalue weighted by atomic mass is 10.0. The molecule has 1 saturated heterocycles. The number of para-hydroxylation sites is 1. The first-order valence-corrected chi connectivity index (χ1v) is 7.17. The average molecular weight is 308 g/mol. The zero-order chi connectivity index (χ0) is 16.4. The molecule has 0 spiro atoms. The Hall–Kier alpha value is -3.08. The maximum atomic E-state index is 12.5. The van der Waals surface area contributed by atoms with Crippen LogP contribution in [0.1, 0.15) is 11.1 Å². The molecule has 0 unspecified atom stereocenters. The van der Waals surface area contributed by atoms with E-state index in [9.17, 15) is 9.59 Å². The molecule has 0 aromatic heterocycles. The molecule has 5 heteroatoms. The van der Waals surface area contributed by atoms with E-state index in [0.29, 0.717) is 5.69 Å². The largest absolute Gasteiger partial charge is 0.497 e. The van der Waals surface area contributed by atoms with Gasteiger partial charge in [0.1, 0.15) is 11.3 Å². The summed E-state index contributed by atoms with van der Waals surface area (Å²) in [6.45, 7) is 1.90. The van der Waals surface area contributed by atoms with Gasteiger partial charge in [0.05, 0.1) is 12.8 Å². The van der Waals surface area contributed by atoms with E-state index in [-0.39, 0.29) is 11.5 Å². The standard InChI is InChI=1S/C18H16N2O3/c1-12-10-15(23-2)9-8-13(12)11-16-17(21)19-20(18(16)22)14-6-4-3-5-7-14/h3-11H,1-2H3,(H,19,21). The molecule has 0 aliphatic carbocycles. The highest BCUT2D eigenvalue weighted by Crippen LogP contribution is 2.23. The van der Waals surface area contributed by atoms with Crippen molar-refractivity contribution in [2.75, 3.05) is 12.1 Å². The Kier molecular flexibility index (Phi) is 3.85. The van der Waals surface area contributed by atoms with Crippen molar-refractivity contribution < 1.29 is 14.3 Å². The Morgan fingerprint density at radius 3 is 2.48 bits per heavy atom. The number of amides is 2. The average Bonchev–Trinajstić information content (AvgIpc) is 2.85. The Bertz CT molecular complexity index is 797. The predicted octanol–water partition coefficient (Wildman–Crippen LogP) is 2.47. The fourth-order valence-electron chi connectivity index (χ4n) is 2.41. The molecule has 0 radical (unpaired) electrons. The van der Waals surface area contributed by atoms with E-state index < -0.39 is 5.91 Å². The molecule has 0 atom stereocenters. The van der Waals surface area contributed by atoms with Crippen LogP contribution in [0.4, 0.5) is 5.69 Å². The maximum Gasteiger partial charge on any atom is 0.282 e. The first-order chi connectivity index (χ1) is 11.1. The number of carbonyl (C=O) groups is 2. The Morgan fingerprint density at radius 1 is 1.09 bits per heavy atom. The van der Waals surface area contributed by atoms with Crippen molar-refractivity contribution in [2.24, 2.45) is 0 Å². The highest BCUT2D eigenvalue weighted by molar-refractivity contribution is 6.31. The fourth-order valence-corrected chi connectivity index (χ4v) is 2.41. The van der Waals surface area contributed by atoms with Crippen molar-refractivity contribution in [3.05, 3.63) is 65.2 Å². The minimum atomic E-state index is -0.408. The fraction of sp³-hybridized carbons (Fsp3) is 0.111. The van der Waals surface area contributed by atoms with Crippen LogP contribution in [0, 0.1) is 6.92 Å². The van der Waals surface area contributed by atoms with Crippen LogP contribution < -0.4 is 15.2 Å². The second-order valence-electron chi connectivity index (χ2n) is 5.20. The van der Waals surface area contributed by atoms with Gasteiger partial charge >= 0.3 is 0 Å². The van der Waals surface area contributed by atoms with Crippen molar-refractivity contribution in [3.8, 4) is 5.75 Å². The molecule has 23 heavy (non-hydrogen) atoms. The third kappa shape index (κ3) is 2.81. The van der Waals surface area contributed by atoms with Crippen LogP contribution in [0.3, 0.4) is 0 Å². The van der Waals surface area contributed by atoms with Crippen molar-refractivity contribution in [3.63, 3.8) is 0 Å². The Balaban J connectivity index is 1.94. The number of methoxy groups -OCH3 is 1. The van der Waals surface area contributed by atoms with E-state index in [1.165, 1.54) is 5.01 Å². The smallest absolute Gasteiger partial charge is 0.282 e. The number of aryl methyl sites for hydroxylation is 1. The lowest BCUT2D eigenvalue weighted by molar-refractivity contribution is -0.117. The van der Waals surface area contributed by atoms with Gasteiger partial charge in [-0.1, -0.05) is 24.3 Å². The molecule has 0 bridgehead atoms. The topological polar surface area (TPSA) is 58.6 Å². The Labute approximate surface area is 134 Å². The zero-order valence-corrected chi connectivity index (χ0v) is 12.9. The van der Waals surface area contributed by atoms with Gasteiger partial charge in [0, 0.05) is 0 Å². The van der Waals surface area contributed by atoms with E-state index in [0.717, 1.165) is 16.9 Å². The van der Waals surface area contributed by atoms with E-state index in [4.69, 9.17) is 4.74 Å². The van der Waals surface area contributed by atoms with Crippen LogP contribution in [0.5, 0.6) is 5.75 Å². The molecule has 5 nitrogen and oxygen atoms in total. The zero-order valence-electron chi connectivity index (χ0n) is 12.9. The summed E-state index contributed by atoms with van der Waals surface area (Å²) in [4.78, 5) is 24.6. The van der Waals surface area contributed by atoms with Crippen molar-refractivity contribution in [1.82, 2.24) is 5.43 Å². The number of ether oxygens (including phenoxy) is 1. The van der Waals surface area contributed by atoms with E-state index >= 15 is 0 Å². The number of hydrogen-bond donors (Lipinski definition) is 1. The van der Waals surface area contributed by atoms with Crippen LogP contribution in [0.2, 0.25) is 0 Å². The quantitative estimate of drug-likeness (QED) is 0.700. The van der Waals surface area contributed by atoms with Gasteiger partial charge < -0.3 is 4.74 Å². The monoisotopic (exact) mass is 308 g/mol. The van der Waals surface area contributed by atoms with Crippen molar-refractivity contribution in [2.45, 2.75) is 6.92 Å². The number of nitrogens with zero attached hydrogens (tertiary/aromatic N) is 1. The molecule has 2 amide bonds. The first kappa shape index (κ1) is 14.8. The molecule has 0 saturated carbocycles. The van der Waals surface area contributed by atoms with Gasteiger partial charge in [-0.2, -0.15) is 0 Å². The maximum absolute atomic E-state index is 12.5. The summed E-state index contributed by atoms with van der Waals surface area (Å²) in [5, 5.41) is 1.26. The number of carbonyl (C=O) groups excluding carboxylic acids is 2. The summed E-state index contributed by atoms with van der Waals surface area (Å²) < 4.78 is 5.16. The van der Waals surface area contributed by atoms with Crippen LogP contribution in [-0.2, 0) is 9.59 Å². The molecule has 1 aliphatic rings. The minimum Gasteiger partial charge on any atom is -0.497 e.